The summed E-state index contributed by atoms with van der Waals surface area (Å²) in [4.78, 5) is 20.7. The summed E-state index contributed by atoms with van der Waals surface area (Å²) in [7, 11) is 2.07. The number of thioether (sulfide) groups is 1. The van der Waals surface area contributed by atoms with E-state index >= 15 is 0 Å². The minimum Gasteiger partial charge on any atom is -0.333 e. The fourth-order valence-electron chi connectivity index (χ4n) is 5.49. The van der Waals surface area contributed by atoms with Crippen molar-refractivity contribution in [2.45, 2.75) is 25.0 Å². The number of aromatic nitrogens is 4. The number of piperidine rings is 1. The number of amides is 1. The van der Waals surface area contributed by atoms with Crippen molar-refractivity contribution in [3.8, 4) is 5.69 Å². The highest BCUT2D eigenvalue weighted by Crippen LogP contribution is 2.56. The molecule has 0 bridgehead atoms. The molecule has 2 aromatic heterocycles. The Morgan fingerprint density at radius 1 is 1.12 bits per heavy atom. The lowest BCUT2D eigenvalue weighted by molar-refractivity contribution is 0.0704. The molecule has 6 rings (SSSR count). The quantitative estimate of drug-likeness (QED) is 0.412. The first-order valence-corrected chi connectivity index (χ1v) is 12.5. The van der Waals surface area contributed by atoms with Crippen LogP contribution >= 0.6 is 11.8 Å². The third-order valence-corrected chi connectivity index (χ3v) is 8.46. The molecule has 0 spiro atoms. The maximum Gasteiger partial charge on any atom is 0.272 e. The van der Waals surface area contributed by atoms with Crippen molar-refractivity contribution in [3.63, 3.8) is 0 Å². The highest BCUT2D eigenvalue weighted by molar-refractivity contribution is 7.99. The molecule has 4 aromatic rings. The Bertz CT molecular complexity index is 1340. The molecule has 4 unspecified atom stereocenters. The first-order chi connectivity index (χ1) is 16.0. The van der Waals surface area contributed by atoms with E-state index in [1.54, 1.807) is 16.4 Å². The van der Waals surface area contributed by atoms with Crippen molar-refractivity contribution in [2.24, 2.45) is 24.8 Å². The Morgan fingerprint density at radius 3 is 2.67 bits per heavy atom. The monoisotopic (exact) mass is 457 g/mol. The van der Waals surface area contributed by atoms with Gasteiger partial charge in [-0.25, -0.2) is 9.67 Å². The average Bonchev–Trinajstić information content (AvgIpc) is 3.18. The van der Waals surface area contributed by atoms with Gasteiger partial charge in [-0.1, -0.05) is 49.0 Å². The second-order valence-corrected chi connectivity index (χ2v) is 10.3. The molecule has 1 saturated heterocycles. The normalized spacial score (nSPS) is 23.8. The van der Waals surface area contributed by atoms with Crippen molar-refractivity contribution >= 4 is 28.7 Å². The molecule has 33 heavy (non-hydrogen) atoms. The number of hydrogen-bond donors (Lipinski definition) is 0. The lowest BCUT2D eigenvalue weighted by Gasteiger charge is -2.28. The molecule has 4 atom stereocenters. The molecule has 2 fully saturated rings. The van der Waals surface area contributed by atoms with Crippen LogP contribution in [-0.4, -0.2) is 48.5 Å². The molecule has 1 aliphatic carbocycles. The Kier molecular flexibility index (Phi) is 4.83. The van der Waals surface area contributed by atoms with Crippen molar-refractivity contribution in [1.29, 1.82) is 0 Å². The number of benzene rings is 2. The number of hydrogen-bond acceptors (Lipinski definition) is 4. The van der Waals surface area contributed by atoms with E-state index in [-0.39, 0.29) is 11.9 Å². The number of aryl methyl sites for hydroxylation is 2. The molecular weight excluding hydrogens is 430 g/mol. The standard InChI is InChI=1S/C26H27N5OS/c1-16-13-22(31(28-16)18-9-5-4-6-10-18)25(32)30-14-19-17(2)24(19)23(30)15-33-26-27-20-11-7-8-12-21(20)29(26)3/h4-13,17,19,23-24H,14-15H2,1-3H3. The largest absolute Gasteiger partial charge is 0.333 e. The van der Waals surface area contributed by atoms with Crippen LogP contribution in [0, 0.1) is 24.7 Å². The number of rotatable bonds is 5. The highest BCUT2D eigenvalue weighted by Gasteiger charge is 2.59. The number of carbonyl (C=O) groups is 1. The summed E-state index contributed by atoms with van der Waals surface area (Å²) in [5, 5.41) is 5.63. The van der Waals surface area contributed by atoms with Gasteiger partial charge >= 0.3 is 0 Å². The molecule has 2 aromatic carbocycles. The fourth-order valence-corrected chi connectivity index (χ4v) is 6.66. The Hall–Kier alpha value is -3.06. The maximum absolute atomic E-state index is 13.8. The minimum atomic E-state index is 0.0782. The van der Waals surface area contributed by atoms with Gasteiger partial charge in [-0.3, -0.25) is 4.79 Å². The van der Waals surface area contributed by atoms with Crippen LogP contribution in [0.2, 0.25) is 0 Å². The molecule has 2 aliphatic rings. The topological polar surface area (TPSA) is 56.0 Å². The first kappa shape index (κ1) is 20.5. The van der Waals surface area contributed by atoms with Crippen molar-refractivity contribution in [1.82, 2.24) is 24.2 Å². The van der Waals surface area contributed by atoms with Crippen LogP contribution in [0.3, 0.4) is 0 Å². The van der Waals surface area contributed by atoms with E-state index in [1.807, 2.05) is 55.5 Å². The second-order valence-electron chi connectivity index (χ2n) is 9.30. The molecule has 0 radical (unpaired) electrons. The van der Waals surface area contributed by atoms with E-state index in [1.165, 1.54) is 0 Å². The van der Waals surface area contributed by atoms with Gasteiger partial charge < -0.3 is 9.47 Å². The van der Waals surface area contributed by atoms with Gasteiger partial charge in [0.2, 0.25) is 0 Å². The lowest BCUT2D eigenvalue weighted by atomic mass is 10.1. The summed E-state index contributed by atoms with van der Waals surface area (Å²) in [5.41, 5.74) is 4.56. The molecule has 0 N–H and O–H groups in total. The smallest absolute Gasteiger partial charge is 0.272 e. The lowest BCUT2D eigenvalue weighted by Crippen LogP contribution is -2.41. The SMILES string of the molecule is Cc1cc(C(=O)N2CC3C(C)C3C2CSc2nc3ccccc3n2C)n(-c2ccccc2)n1. The minimum absolute atomic E-state index is 0.0782. The predicted molar refractivity (Wildman–Crippen MR) is 131 cm³/mol. The Balaban J connectivity index is 1.27. The maximum atomic E-state index is 13.8. The summed E-state index contributed by atoms with van der Waals surface area (Å²) < 4.78 is 3.95. The third kappa shape index (κ3) is 3.37. The number of likely N-dealkylation sites (tertiary alicyclic amines) is 1. The molecule has 168 valence electrons. The molecule has 7 heteroatoms. The van der Waals surface area contributed by atoms with E-state index in [4.69, 9.17) is 4.98 Å². The van der Waals surface area contributed by atoms with Crippen LogP contribution in [0.5, 0.6) is 0 Å². The summed E-state index contributed by atoms with van der Waals surface area (Å²) in [6.45, 7) is 5.10. The Morgan fingerprint density at radius 2 is 1.88 bits per heavy atom. The molecule has 1 aliphatic heterocycles. The number of fused-ring (bicyclic) bond motifs is 2. The van der Waals surface area contributed by atoms with Gasteiger partial charge in [-0.05, 0) is 55.0 Å². The predicted octanol–water partition coefficient (Wildman–Crippen LogP) is 4.57. The van der Waals surface area contributed by atoms with Crippen LogP contribution in [0.1, 0.15) is 23.1 Å². The van der Waals surface area contributed by atoms with E-state index in [2.05, 4.69) is 40.7 Å². The second kappa shape index (κ2) is 7.76. The van der Waals surface area contributed by atoms with E-state index < -0.39 is 0 Å². The Labute approximate surface area is 197 Å². The van der Waals surface area contributed by atoms with Crippen LogP contribution < -0.4 is 0 Å². The molecule has 1 saturated carbocycles. The number of para-hydroxylation sites is 3. The summed E-state index contributed by atoms with van der Waals surface area (Å²) in [6, 6.07) is 20.3. The third-order valence-electron chi connectivity index (χ3n) is 7.33. The van der Waals surface area contributed by atoms with E-state index in [9.17, 15) is 4.79 Å². The highest BCUT2D eigenvalue weighted by atomic mass is 32.2. The van der Waals surface area contributed by atoms with E-state index in [0.29, 0.717) is 23.4 Å². The van der Waals surface area contributed by atoms with Gasteiger partial charge in [0.05, 0.1) is 22.4 Å². The fraction of sp³-hybridized carbons (Fsp3) is 0.346. The zero-order valence-corrected chi connectivity index (χ0v) is 19.9. The molecular formula is C26H27N5OS. The van der Waals surface area contributed by atoms with Crippen LogP contribution in [0.15, 0.2) is 65.8 Å². The zero-order chi connectivity index (χ0) is 22.7. The van der Waals surface area contributed by atoms with Crippen LogP contribution in [-0.2, 0) is 7.05 Å². The summed E-state index contributed by atoms with van der Waals surface area (Å²) >= 11 is 1.76. The first-order valence-electron chi connectivity index (χ1n) is 11.5. The van der Waals surface area contributed by atoms with Gasteiger partial charge in [0, 0.05) is 25.4 Å². The molecule has 6 nitrogen and oxygen atoms in total. The number of imidazole rings is 1. The van der Waals surface area contributed by atoms with Gasteiger partial charge in [0.25, 0.3) is 5.91 Å². The van der Waals surface area contributed by atoms with Crippen LogP contribution in [0.25, 0.3) is 16.7 Å². The average molecular weight is 458 g/mol. The van der Waals surface area contributed by atoms with Gasteiger partial charge in [-0.2, -0.15) is 5.10 Å². The number of nitrogens with zero attached hydrogens (tertiary/aromatic N) is 5. The van der Waals surface area contributed by atoms with E-state index in [0.717, 1.165) is 39.9 Å². The van der Waals surface area contributed by atoms with Crippen molar-refractivity contribution in [3.05, 3.63) is 72.1 Å². The number of carbonyl (C=O) groups excluding carboxylic acids is 1. The van der Waals surface area contributed by atoms with Crippen molar-refractivity contribution in [2.75, 3.05) is 12.3 Å². The van der Waals surface area contributed by atoms with Gasteiger partial charge in [0.15, 0.2) is 5.16 Å². The zero-order valence-electron chi connectivity index (χ0n) is 19.0. The van der Waals surface area contributed by atoms with Gasteiger partial charge in [0.1, 0.15) is 5.69 Å². The van der Waals surface area contributed by atoms with Gasteiger partial charge in [-0.15, -0.1) is 0 Å². The molecule has 1 amide bonds. The summed E-state index contributed by atoms with van der Waals surface area (Å²) in [5.74, 6) is 2.79. The summed E-state index contributed by atoms with van der Waals surface area (Å²) in [6.07, 6.45) is 0. The van der Waals surface area contributed by atoms with Crippen molar-refractivity contribution < 1.29 is 4.79 Å². The molecule has 3 heterocycles. The van der Waals surface area contributed by atoms with Crippen LogP contribution in [0.4, 0.5) is 0 Å².